The van der Waals surface area contributed by atoms with Gasteiger partial charge in [-0.1, -0.05) is 30.3 Å². The highest BCUT2D eigenvalue weighted by Crippen LogP contribution is 2.40. The lowest BCUT2D eigenvalue weighted by Gasteiger charge is -2.12. The van der Waals surface area contributed by atoms with Crippen LogP contribution in [0, 0.1) is 6.92 Å². The van der Waals surface area contributed by atoms with Crippen LogP contribution in [0.5, 0.6) is 28.7 Å². The molecule has 0 atom stereocenters. The molecule has 7 heteroatoms. The van der Waals surface area contributed by atoms with Crippen molar-refractivity contribution < 1.29 is 33.3 Å². The van der Waals surface area contributed by atoms with Crippen LogP contribution in [0.15, 0.2) is 60.4 Å². The number of aryl methyl sites for hydroxylation is 1. The Morgan fingerprint density at radius 1 is 0.912 bits per heavy atom. The second-order valence-electron chi connectivity index (χ2n) is 7.58. The van der Waals surface area contributed by atoms with Gasteiger partial charge in [-0.05, 0) is 30.7 Å². The second kappa shape index (κ2) is 9.70. The first-order chi connectivity index (χ1) is 16.4. The minimum absolute atomic E-state index is 0.123. The lowest BCUT2D eigenvalue weighted by molar-refractivity contribution is 0.0920. The van der Waals surface area contributed by atoms with Gasteiger partial charge in [-0.25, -0.2) is 0 Å². The first-order valence-corrected chi connectivity index (χ1v) is 10.5. The third-order valence-electron chi connectivity index (χ3n) is 5.43. The van der Waals surface area contributed by atoms with Crippen LogP contribution in [0.25, 0.3) is 6.08 Å². The molecule has 34 heavy (non-hydrogen) atoms. The van der Waals surface area contributed by atoms with Gasteiger partial charge < -0.3 is 23.7 Å². The van der Waals surface area contributed by atoms with E-state index in [4.69, 9.17) is 23.7 Å². The van der Waals surface area contributed by atoms with Crippen LogP contribution in [0.1, 0.15) is 31.8 Å². The van der Waals surface area contributed by atoms with Crippen LogP contribution in [0.4, 0.5) is 0 Å². The number of allylic oxidation sites excluding steroid dienone is 1. The van der Waals surface area contributed by atoms with E-state index in [0.717, 1.165) is 0 Å². The molecule has 0 saturated heterocycles. The molecule has 0 fully saturated rings. The molecule has 0 unspecified atom stereocenters. The summed E-state index contributed by atoms with van der Waals surface area (Å²) in [5, 5.41) is 0. The van der Waals surface area contributed by atoms with Crippen LogP contribution in [0.3, 0.4) is 0 Å². The van der Waals surface area contributed by atoms with Crippen molar-refractivity contribution >= 4 is 17.6 Å². The summed E-state index contributed by atoms with van der Waals surface area (Å²) in [6, 6.07) is 15.6. The van der Waals surface area contributed by atoms with Gasteiger partial charge in [0.1, 0.15) is 17.2 Å². The van der Waals surface area contributed by atoms with Gasteiger partial charge in [-0.2, -0.15) is 0 Å². The summed E-state index contributed by atoms with van der Waals surface area (Å²) < 4.78 is 27.7. The maximum atomic E-state index is 13.1. The van der Waals surface area contributed by atoms with Crippen molar-refractivity contribution in [1.82, 2.24) is 0 Å². The van der Waals surface area contributed by atoms with Gasteiger partial charge in [-0.15, -0.1) is 0 Å². The molecule has 3 aromatic rings. The zero-order chi connectivity index (χ0) is 24.2. The van der Waals surface area contributed by atoms with Gasteiger partial charge in [0, 0.05) is 23.3 Å². The standard InChI is InChI=1S/C27H24O7/c1-16-10-19(33-15-20(28)17-8-6-5-7-9-17)13-24-26(16)27(29)25(34-24)12-18-11-22(31-3)23(32-4)14-21(18)30-2/h5-14H,15H2,1-4H3/b25-12-. The lowest BCUT2D eigenvalue weighted by atomic mass is 10.0. The highest BCUT2D eigenvalue weighted by molar-refractivity contribution is 6.15. The number of benzene rings is 3. The number of hydrogen-bond donors (Lipinski definition) is 0. The second-order valence-corrected chi connectivity index (χ2v) is 7.58. The Balaban J connectivity index is 1.59. The number of carbonyl (C=O) groups excluding carboxylic acids is 2. The maximum absolute atomic E-state index is 13.1. The van der Waals surface area contributed by atoms with Gasteiger partial charge in [0.05, 0.1) is 26.9 Å². The topological polar surface area (TPSA) is 80.3 Å². The number of fused-ring (bicyclic) bond motifs is 1. The minimum Gasteiger partial charge on any atom is -0.496 e. The maximum Gasteiger partial charge on any atom is 0.232 e. The SMILES string of the molecule is COc1cc(OC)c(OC)cc1/C=C1\Oc2cc(OCC(=O)c3ccccc3)cc(C)c2C1=O. The molecule has 0 aliphatic carbocycles. The first kappa shape index (κ1) is 22.9. The van der Waals surface area contributed by atoms with Crippen molar-refractivity contribution in [3.63, 3.8) is 0 Å². The van der Waals surface area contributed by atoms with Crippen LogP contribution in [-0.4, -0.2) is 39.5 Å². The van der Waals surface area contributed by atoms with Gasteiger partial charge >= 0.3 is 0 Å². The van der Waals surface area contributed by atoms with E-state index >= 15 is 0 Å². The van der Waals surface area contributed by atoms with Crippen molar-refractivity contribution in [1.29, 1.82) is 0 Å². The average Bonchev–Trinajstić information content (AvgIpc) is 3.17. The molecule has 7 nitrogen and oxygen atoms in total. The van der Waals surface area contributed by atoms with Crippen molar-refractivity contribution in [3.8, 4) is 28.7 Å². The van der Waals surface area contributed by atoms with E-state index < -0.39 is 0 Å². The lowest BCUT2D eigenvalue weighted by Crippen LogP contribution is -2.11. The summed E-state index contributed by atoms with van der Waals surface area (Å²) in [4.78, 5) is 25.4. The van der Waals surface area contributed by atoms with E-state index in [1.807, 2.05) is 6.07 Å². The van der Waals surface area contributed by atoms with Crippen LogP contribution in [-0.2, 0) is 0 Å². The largest absolute Gasteiger partial charge is 0.496 e. The zero-order valence-electron chi connectivity index (χ0n) is 19.3. The van der Waals surface area contributed by atoms with Gasteiger partial charge in [-0.3, -0.25) is 9.59 Å². The molecule has 0 spiro atoms. The van der Waals surface area contributed by atoms with E-state index in [-0.39, 0.29) is 23.9 Å². The normalized spacial score (nSPS) is 13.3. The Morgan fingerprint density at radius 2 is 1.59 bits per heavy atom. The van der Waals surface area contributed by atoms with E-state index in [2.05, 4.69) is 0 Å². The molecule has 0 bridgehead atoms. The van der Waals surface area contributed by atoms with E-state index in [1.165, 1.54) is 21.3 Å². The highest BCUT2D eigenvalue weighted by Gasteiger charge is 2.30. The Hall–Kier alpha value is -4.26. The van der Waals surface area contributed by atoms with Crippen molar-refractivity contribution in [3.05, 3.63) is 82.6 Å². The number of ketones is 2. The van der Waals surface area contributed by atoms with Crippen LogP contribution in [0.2, 0.25) is 0 Å². The molecular weight excluding hydrogens is 436 g/mol. The number of methoxy groups -OCH3 is 3. The smallest absolute Gasteiger partial charge is 0.232 e. The van der Waals surface area contributed by atoms with Crippen molar-refractivity contribution in [2.75, 3.05) is 27.9 Å². The van der Waals surface area contributed by atoms with Crippen LogP contribution < -0.4 is 23.7 Å². The fourth-order valence-electron chi connectivity index (χ4n) is 3.72. The summed E-state index contributed by atoms with van der Waals surface area (Å²) in [6.07, 6.45) is 1.60. The van der Waals surface area contributed by atoms with E-state index in [1.54, 1.807) is 61.5 Å². The van der Waals surface area contributed by atoms with Gasteiger partial charge in [0.2, 0.25) is 5.78 Å². The molecular formula is C27H24O7. The summed E-state index contributed by atoms with van der Waals surface area (Å²) in [5.74, 6) is 2.06. The Morgan fingerprint density at radius 3 is 2.26 bits per heavy atom. The quantitative estimate of drug-likeness (QED) is 0.349. The monoisotopic (exact) mass is 460 g/mol. The molecule has 3 aromatic carbocycles. The minimum atomic E-state index is -0.253. The van der Waals surface area contributed by atoms with Crippen molar-refractivity contribution in [2.24, 2.45) is 0 Å². The Labute approximate surface area is 197 Å². The number of Topliss-reactive ketones (excluding diaryl/α,β-unsaturated/α-hetero) is 2. The number of ether oxygens (including phenoxy) is 5. The summed E-state index contributed by atoms with van der Waals surface area (Å²) in [5.41, 5.74) is 2.31. The van der Waals surface area contributed by atoms with Gasteiger partial charge in [0.15, 0.2) is 29.6 Å². The fourth-order valence-corrected chi connectivity index (χ4v) is 3.72. The van der Waals surface area contributed by atoms with E-state index in [0.29, 0.717) is 51.0 Å². The highest BCUT2D eigenvalue weighted by atomic mass is 16.5. The summed E-state index contributed by atoms with van der Waals surface area (Å²) in [6.45, 7) is 1.67. The third-order valence-corrected chi connectivity index (χ3v) is 5.43. The van der Waals surface area contributed by atoms with Gasteiger partial charge in [0.25, 0.3) is 0 Å². The molecule has 1 aliphatic heterocycles. The fraction of sp³-hybridized carbons (Fsp3) is 0.185. The molecule has 0 aromatic heterocycles. The Kier molecular flexibility index (Phi) is 6.54. The zero-order valence-corrected chi connectivity index (χ0v) is 19.3. The van der Waals surface area contributed by atoms with Crippen molar-refractivity contribution in [2.45, 2.75) is 6.92 Å². The molecule has 174 valence electrons. The van der Waals surface area contributed by atoms with E-state index in [9.17, 15) is 9.59 Å². The predicted molar refractivity (Wildman–Crippen MR) is 126 cm³/mol. The molecule has 4 rings (SSSR count). The molecule has 0 amide bonds. The average molecular weight is 460 g/mol. The molecule has 1 heterocycles. The molecule has 0 saturated carbocycles. The number of hydrogen-bond acceptors (Lipinski definition) is 7. The molecule has 0 N–H and O–H groups in total. The van der Waals surface area contributed by atoms with Crippen LogP contribution >= 0.6 is 0 Å². The number of carbonyl (C=O) groups is 2. The molecule has 0 radical (unpaired) electrons. The first-order valence-electron chi connectivity index (χ1n) is 10.5. The predicted octanol–water partition coefficient (Wildman–Crippen LogP) is 4.90. The third kappa shape index (κ3) is 4.45. The summed E-state index contributed by atoms with van der Waals surface area (Å²) >= 11 is 0. The Bertz CT molecular complexity index is 1280. The number of rotatable bonds is 8. The summed E-state index contributed by atoms with van der Waals surface area (Å²) in [7, 11) is 4.59. The molecule has 1 aliphatic rings.